The molecule has 2 aromatic heterocycles. The minimum Gasteiger partial charge on any atom is -0.441 e. The summed E-state index contributed by atoms with van der Waals surface area (Å²) in [5.74, 6) is 0.585. The molecular formula is C22H19FN2O3S. The molecule has 0 bridgehead atoms. The first-order valence-corrected chi connectivity index (χ1v) is 9.84. The molecule has 2 heterocycles. The highest BCUT2D eigenvalue weighted by molar-refractivity contribution is 7.21. The van der Waals surface area contributed by atoms with Crippen LogP contribution in [0.1, 0.15) is 26.7 Å². The van der Waals surface area contributed by atoms with Crippen LogP contribution in [0.4, 0.5) is 10.1 Å². The fraction of sp³-hybridized carbons (Fsp3) is 0.182. The van der Waals surface area contributed by atoms with E-state index in [1.54, 1.807) is 24.3 Å². The lowest BCUT2D eigenvalue weighted by Gasteiger charge is -2.07. The number of hydrogen-bond acceptors (Lipinski definition) is 5. The predicted molar refractivity (Wildman–Crippen MR) is 112 cm³/mol. The van der Waals surface area contributed by atoms with Crippen molar-refractivity contribution in [2.75, 3.05) is 12.4 Å². The second kappa shape index (κ2) is 7.77. The molecule has 148 valence electrons. The maximum Gasteiger partial charge on any atom is 0.266 e. The lowest BCUT2D eigenvalue weighted by atomic mass is 10.1. The smallest absolute Gasteiger partial charge is 0.266 e. The molecule has 0 saturated heterocycles. The van der Waals surface area contributed by atoms with E-state index in [9.17, 15) is 9.18 Å². The molecule has 0 atom stereocenters. The van der Waals surface area contributed by atoms with Gasteiger partial charge in [0.2, 0.25) is 5.89 Å². The summed E-state index contributed by atoms with van der Waals surface area (Å²) in [4.78, 5) is 17.8. The molecule has 29 heavy (non-hydrogen) atoms. The highest BCUT2D eigenvalue weighted by Gasteiger charge is 2.21. The first-order valence-electron chi connectivity index (χ1n) is 9.02. The van der Waals surface area contributed by atoms with Gasteiger partial charge in [-0.25, -0.2) is 9.37 Å². The van der Waals surface area contributed by atoms with Gasteiger partial charge in [0.05, 0.1) is 17.2 Å². The van der Waals surface area contributed by atoms with Gasteiger partial charge in [0.1, 0.15) is 11.6 Å². The van der Waals surface area contributed by atoms with Crippen molar-refractivity contribution in [2.24, 2.45) is 0 Å². The van der Waals surface area contributed by atoms with Crippen molar-refractivity contribution in [1.29, 1.82) is 0 Å². The van der Waals surface area contributed by atoms with E-state index in [1.807, 2.05) is 26.0 Å². The van der Waals surface area contributed by atoms with Crippen LogP contribution in [0.15, 0.2) is 46.9 Å². The Balaban J connectivity index is 1.67. The predicted octanol–water partition coefficient (Wildman–Crippen LogP) is 5.71. The third kappa shape index (κ3) is 3.66. The van der Waals surface area contributed by atoms with Gasteiger partial charge >= 0.3 is 0 Å². The molecule has 0 spiro atoms. The molecule has 0 radical (unpaired) electrons. The van der Waals surface area contributed by atoms with Crippen LogP contribution >= 0.6 is 11.3 Å². The molecule has 5 nitrogen and oxygen atoms in total. The number of ether oxygens (including phenoxy) is 1. The molecule has 1 amide bonds. The number of nitrogens with one attached hydrogen (secondary N) is 1. The lowest BCUT2D eigenvalue weighted by Crippen LogP contribution is -2.12. The summed E-state index contributed by atoms with van der Waals surface area (Å²) in [6.07, 6.45) is 0. The van der Waals surface area contributed by atoms with Crippen molar-refractivity contribution < 1.29 is 18.3 Å². The number of carbonyl (C=O) groups excluding carboxylic acids is 1. The van der Waals surface area contributed by atoms with Gasteiger partial charge < -0.3 is 14.5 Å². The molecule has 7 heteroatoms. The number of aryl methyl sites for hydroxylation is 2. The summed E-state index contributed by atoms with van der Waals surface area (Å²) < 4.78 is 26.0. The van der Waals surface area contributed by atoms with E-state index in [-0.39, 0.29) is 18.3 Å². The number of carbonyl (C=O) groups is 1. The number of fused-ring (bicyclic) bond motifs is 1. The number of thiophene rings is 1. The second-order valence-corrected chi connectivity index (χ2v) is 7.70. The van der Waals surface area contributed by atoms with E-state index in [0.29, 0.717) is 32.1 Å². The van der Waals surface area contributed by atoms with E-state index in [1.165, 1.54) is 24.5 Å². The fourth-order valence-corrected chi connectivity index (χ4v) is 4.26. The summed E-state index contributed by atoms with van der Waals surface area (Å²) in [5, 5.41) is 3.33. The second-order valence-electron chi connectivity index (χ2n) is 6.65. The van der Waals surface area contributed by atoms with Crippen molar-refractivity contribution in [3.63, 3.8) is 0 Å². The van der Waals surface area contributed by atoms with Gasteiger partial charge in [0, 0.05) is 34.0 Å². The third-order valence-electron chi connectivity index (χ3n) is 4.65. The number of halogens is 1. The van der Waals surface area contributed by atoms with Gasteiger partial charge in [-0.2, -0.15) is 0 Å². The number of aromatic nitrogens is 1. The van der Waals surface area contributed by atoms with Crippen molar-refractivity contribution in [2.45, 2.75) is 20.5 Å². The summed E-state index contributed by atoms with van der Waals surface area (Å²) in [7, 11) is 1.52. The van der Waals surface area contributed by atoms with Crippen molar-refractivity contribution in [1.82, 2.24) is 4.98 Å². The quantitative estimate of drug-likeness (QED) is 0.458. The van der Waals surface area contributed by atoms with Crippen molar-refractivity contribution in [3.8, 4) is 11.5 Å². The maximum absolute atomic E-state index is 14.4. The zero-order valence-electron chi connectivity index (χ0n) is 16.2. The van der Waals surface area contributed by atoms with Crippen LogP contribution in [0.3, 0.4) is 0 Å². The van der Waals surface area contributed by atoms with E-state index in [0.717, 1.165) is 17.0 Å². The number of benzene rings is 2. The average Bonchev–Trinajstić information content (AvgIpc) is 3.24. The molecule has 0 fully saturated rings. The molecule has 0 unspecified atom stereocenters. The minimum absolute atomic E-state index is 0.151. The fourth-order valence-electron chi connectivity index (χ4n) is 3.15. The van der Waals surface area contributed by atoms with Gasteiger partial charge in [-0.3, -0.25) is 4.79 Å². The highest BCUT2D eigenvalue weighted by atomic mass is 32.1. The molecule has 0 saturated carbocycles. The minimum atomic E-state index is -0.360. The SMILES string of the molecule is COCc1c(C(=O)Nc2cccc(-c3nc(C)c(C)o3)c2)sc2cccc(F)c12. The van der Waals surface area contributed by atoms with Gasteiger partial charge in [0.25, 0.3) is 5.91 Å². The van der Waals surface area contributed by atoms with Crippen molar-refractivity contribution in [3.05, 3.63) is 70.2 Å². The van der Waals surface area contributed by atoms with Crippen LogP contribution in [0.25, 0.3) is 21.5 Å². The number of nitrogens with zero attached hydrogens (tertiary/aromatic N) is 1. The highest BCUT2D eigenvalue weighted by Crippen LogP contribution is 2.34. The molecule has 2 aromatic carbocycles. The zero-order chi connectivity index (χ0) is 20.5. The van der Waals surface area contributed by atoms with Gasteiger partial charge in [-0.15, -0.1) is 11.3 Å². The largest absolute Gasteiger partial charge is 0.441 e. The van der Waals surface area contributed by atoms with E-state index in [4.69, 9.17) is 9.15 Å². The normalized spacial score (nSPS) is 11.2. The van der Waals surface area contributed by atoms with Crippen LogP contribution < -0.4 is 5.32 Å². The van der Waals surface area contributed by atoms with E-state index in [2.05, 4.69) is 10.3 Å². The van der Waals surface area contributed by atoms with Crippen LogP contribution in [-0.4, -0.2) is 18.0 Å². The number of methoxy groups -OCH3 is 1. The molecule has 0 aliphatic heterocycles. The van der Waals surface area contributed by atoms with E-state index >= 15 is 0 Å². The van der Waals surface area contributed by atoms with Crippen LogP contribution in [0.2, 0.25) is 0 Å². The number of anilines is 1. The standard InChI is InChI=1S/C22H19FN2O3S/c1-12-13(2)28-22(24-12)14-6-4-7-15(10-14)25-21(26)20-16(11-27-3)19-17(23)8-5-9-18(19)29-20/h4-10H,11H2,1-3H3,(H,25,26). The summed E-state index contributed by atoms with van der Waals surface area (Å²) >= 11 is 1.25. The topological polar surface area (TPSA) is 64.4 Å². The molecular weight excluding hydrogens is 391 g/mol. The molecule has 0 aliphatic rings. The average molecular weight is 410 g/mol. The first-order chi connectivity index (χ1) is 14.0. The zero-order valence-corrected chi connectivity index (χ0v) is 17.0. The van der Waals surface area contributed by atoms with Gasteiger partial charge in [-0.1, -0.05) is 12.1 Å². The van der Waals surface area contributed by atoms with Crippen molar-refractivity contribution >= 4 is 33.0 Å². The van der Waals surface area contributed by atoms with E-state index < -0.39 is 0 Å². The van der Waals surface area contributed by atoms with Crippen LogP contribution in [0.5, 0.6) is 0 Å². The molecule has 4 rings (SSSR count). The number of rotatable bonds is 5. The Labute approximate surface area is 171 Å². The van der Waals surface area contributed by atoms with Gasteiger partial charge in [-0.05, 0) is 44.2 Å². The number of oxazole rings is 1. The Hall–Kier alpha value is -3.03. The Morgan fingerprint density at radius 3 is 2.76 bits per heavy atom. The Morgan fingerprint density at radius 2 is 2.03 bits per heavy atom. The summed E-state index contributed by atoms with van der Waals surface area (Å²) in [5.41, 5.74) is 2.74. The monoisotopic (exact) mass is 410 g/mol. The molecule has 4 aromatic rings. The molecule has 1 N–H and O–H groups in total. The van der Waals surface area contributed by atoms with Crippen LogP contribution in [-0.2, 0) is 11.3 Å². The lowest BCUT2D eigenvalue weighted by molar-refractivity contribution is 0.102. The number of hydrogen-bond donors (Lipinski definition) is 1. The third-order valence-corrected chi connectivity index (χ3v) is 5.85. The maximum atomic E-state index is 14.4. The Bertz CT molecular complexity index is 1190. The van der Waals surface area contributed by atoms with Gasteiger partial charge in [0.15, 0.2) is 0 Å². The molecule has 0 aliphatic carbocycles. The Morgan fingerprint density at radius 1 is 1.24 bits per heavy atom. The Kier molecular flexibility index (Phi) is 5.17. The number of amides is 1. The van der Waals surface area contributed by atoms with Crippen LogP contribution in [0, 0.1) is 19.7 Å². The first kappa shape index (κ1) is 19.3. The summed E-state index contributed by atoms with van der Waals surface area (Å²) in [6.45, 7) is 3.89. The summed E-state index contributed by atoms with van der Waals surface area (Å²) in [6, 6.07) is 12.1.